The van der Waals surface area contributed by atoms with Crippen LogP contribution in [-0.2, 0) is 6.61 Å². The molecule has 0 atom stereocenters. The molecule has 11 heteroatoms. The van der Waals surface area contributed by atoms with E-state index in [1.54, 1.807) is 36.5 Å². The van der Waals surface area contributed by atoms with Gasteiger partial charge in [0.25, 0.3) is 5.56 Å². The molecule has 0 fully saturated rings. The summed E-state index contributed by atoms with van der Waals surface area (Å²) in [6.07, 6.45) is 1.58. The Bertz CT molecular complexity index is 2070. The number of aromatic carboxylic acids is 1. The van der Waals surface area contributed by atoms with E-state index in [-0.39, 0.29) is 23.6 Å². The van der Waals surface area contributed by atoms with Crippen LogP contribution in [0.25, 0.3) is 22.3 Å². The number of para-hydroxylation sites is 1. The van der Waals surface area contributed by atoms with E-state index in [9.17, 15) is 14.7 Å². The smallest absolute Gasteiger partial charge is 0.335 e. The van der Waals surface area contributed by atoms with Crippen molar-refractivity contribution in [2.75, 3.05) is 13.2 Å². The van der Waals surface area contributed by atoms with Gasteiger partial charge in [0, 0.05) is 15.6 Å². The van der Waals surface area contributed by atoms with Crippen LogP contribution in [-0.4, -0.2) is 40.2 Å². The maximum atomic E-state index is 14.0. The van der Waals surface area contributed by atoms with Crippen LogP contribution in [0.2, 0.25) is 0 Å². The Kier molecular flexibility index (Phi) is 11.0. The average Bonchev–Trinajstić information content (AvgIpc) is 3.06. The number of halogens is 2. The van der Waals surface area contributed by atoms with Crippen LogP contribution in [0, 0.1) is 6.92 Å². The van der Waals surface area contributed by atoms with Crippen LogP contribution < -0.4 is 19.8 Å². The number of hydrogen-bond donors (Lipinski definition) is 1. The van der Waals surface area contributed by atoms with Crippen molar-refractivity contribution in [2.24, 2.45) is 5.10 Å². The number of aromatic nitrogens is 2. The zero-order chi connectivity index (χ0) is 34.5. The highest BCUT2D eigenvalue weighted by molar-refractivity contribution is 9.13. The summed E-state index contributed by atoms with van der Waals surface area (Å²) >= 11 is 7.31. The lowest BCUT2D eigenvalue weighted by Crippen LogP contribution is -2.21. The minimum Gasteiger partial charge on any atom is -0.494 e. The van der Waals surface area contributed by atoms with Gasteiger partial charge in [-0.15, -0.1) is 0 Å². The first-order valence-corrected chi connectivity index (χ1v) is 17.1. The van der Waals surface area contributed by atoms with Gasteiger partial charge in [0.05, 0.1) is 40.4 Å². The second kappa shape index (κ2) is 15.2. The van der Waals surface area contributed by atoms with Gasteiger partial charge in [-0.05, 0) is 118 Å². The number of hydrogen-bond acceptors (Lipinski definition) is 7. The predicted octanol–water partition coefficient (Wildman–Crippen LogP) is 8.98. The van der Waals surface area contributed by atoms with Gasteiger partial charge in [0.2, 0.25) is 0 Å². The van der Waals surface area contributed by atoms with Crippen LogP contribution in [0.3, 0.4) is 0 Å². The molecule has 1 N–H and O–H groups in total. The van der Waals surface area contributed by atoms with Crippen LogP contribution >= 0.6 is 31.9 Å². The molecular weight excluding hydrogens is 742 g/mol. The van der Waals surface area contributed by atoms with Gasteiger partial charge in [-0.3, -0.25) is 4.79 Å². The Hall–Kier alpha value is -4.48. The van der Waals surface area contributed by atoms with Crippen molar-refractivity contribution < 1.29 is 24.1 Å². The van der Waals surface area contributed by atoms with E-state index < -0.39 is 5.97 Å². The SMILES string of the molecule is CCOc1cc(C)c(-c2nc3ccccc3c(=O)n2N=Cc2cc(OCC)c(OCc3ccc(C(=O)O)cc3)c(Br)c2Br)cc1C(C)C. The molecule has 9 nitrogen and oxygen atoms in total. The molecular formula is C37H35Br2N3O6. The molecule has 0 radical (unpaired) electrons. The van der Waals surface area contributed by atoms with Crippen molar-refractivity contribution in [2.45, 2.75) is 47.1 Å². The molecule has 0 spiro atoms. The highest BCUT2D eigenvalue weighted by Crippen LogP contribution is 2.43. The van der Waals surface area contributed by atoms with E-state index in [1.807, 2.05) is 45.0 Å². The minimum absolute atomic E-state index is 0.171. The fourth-order valence-electron chi connectivity index (χ4n) is 5.19. The number of nitrogens with zero attached hydrogens (tertiary/aromatic N) is 3. The van der Waals surface area contributed by atoms with Crippen LogP contribution in [0.1, 0.15) is 66.2 Å². The quantitative estimate of drug-likeness (QED) is 0.126. The van der Waals surface area contributed by atoms with Gasteiger partial charge in [0.1, 0.15) is 12.4 Å². The molecule has 48 heavy (non-hydrogen) atoms. The topological polar surface area (TPSA) is 112 Å². The Morgan fingerprint density at radius 1 is 0.958 bits per heavy atom. The number of carboxylic acids is 1. The number of aryl methyl sites for hydroxylation is 1. The Labute approximate surface area is 295 Å². The predicted molar refractivity (Wildman–Crippen MR) is 195 cm³/mol. The highest BCUT2D eigenvalue weighted by Gasteiger charge is 2.20. The Morgan fingerprint density at radius 2 is 1.65 bits per heavy atom. The summed E-state index contributed by atoms with van der Waals surface area (Å²) in [5.41, 5.74) is 4.57. The molecule has 5 aromatic rings. The van der Waals surface area contributed by atoms with E-state index in [0.29, 0.717) is 55.9 Å². The van der Waals surface area contributed by atoms with Gasteiger partial charge < -0.3 is 19.3 Å². The standard InChI is InChI=1S/C37H35Br2N3O6/c1-6-46-30-16-22(5)28(18-27(30)21(3)4)35-41-29-11-9-8-10-26(29)36(43)42(35)40-19-25-17-31(47-7-2)34(33(39)32(25)38)48-20-23-12-14-24(15-13-23)37(44)45/h8-19,21H,6-7,20H2,1-5H3,(H,44,45). The van der Waals surface area contributed by atoms with Gasteiger partial charge in [0.15, 0.2) is 17.3 Å². The average molecular weight is 778 g/mol. The molecule has 0 bridgehead atoms. The maximum absolute atomic E-state index is 14.0. The maximum Gasteiger partial charge on any atom is 0.335 e. The van der Waals surface area contributed by atoms with Crippen molar-refractivity contribution in [1.82, 2.24) is 9.66 Å². The van der Waals surface area contributed by atoms with Gasteiger partial charge >= 0.3 is 5.97 Å². The lowest BCUT2D eigenvalue weighted by atomic mass is 9.96. The minimum atomic E-state index is -0.992. The van der Waals surface area contributed by atoms with Crippen LogP contribution in [0.15, 0.2) is 85.6 Å². The summed E-state index contributed by atoms with van der Waals surface area (Å²) in [7, 11) is 0. The Balaban J connectivity index is 1.60. The molecule has 0 aliphatic rings. The largest absolute Gasteiger partial charge is 0.494 e. The summed E-state index contributed by atoms with van der Waals surface area (Å²) < 4.78 is 20.6. The second-order valence-electron chi connectivity index (χ2n) is 11.3. The fraction of sp³-hybridized carbons (Fsp3) is 0.243. The van der Waals surface area contributed by atoms with Gasteiger partial charge in [-0.2, -0.15) is 9.78 Å². The lowest BCUT2D eigenvalue weighted by molar-refractivity contribution is 0.0697. The third-order valence-corrected chi connectivity index (χ3v) is 9.77. The molecule has 0 amide bonds. The molecule has 0 saturated heterocycles. The third kappa shape index (κ3) is 7.32. The molecule has 1 aromatic heterocycles. The third-order valence-electron chi connectivity index (χ3n) is 7.63. The van der Waals surface area contributed by atoms with Gasteiger partial charge in [-0.1, -0.05) is 38.1 Å². The number of rotatable bonds is 12. The van der Waals surface area contributed by atoms with E-state index in [1.165, 1.54) is 16.8 Å². The number of carboxylic acid groups (broad SMARTS) is 1. The van der Waals surface area contributed by atoms with Crippen LogP contribution in [0.5, 0.6) is 17.2 Å². The van der Waals surface area contributed by atoms with E-state index in [2.05, 4.69) is 45.7 Å². The first-order chi connectivity index (χ1) is 23.0. The van der Waals surface area contributed by atoms with E-state index in [0.717, 1.165) is 28.0 Å². The Morgan fingerprint density at radius 3 is 2.31 bits per heavy atom. The molecule has 0 aliphatic heterocycles. The van der Waals surface area contributed by atoms with Crippen molar-refractivity contribution in [1.29, 1.82) is 0 Å². The first-order valence-electron chi connectivity index (χ1n) is 15.5. The zero-order valence-corrected chi connectivity index (χ0v) is 30.4. The van der Waals surface area contributed by atoms with Crippen molar-refractivity contribution in [3.8, 4) is 28.6 Å². The molecule has 5 rings (SSSR count). The van der Waals surface area contributed by atoms with Crippen molar-refractivity contribution in [3.05, 3.63) is 114 Å². The molecule has 0 aliphatic carbocycles. The second-order valence-corrected chi connectivity index (χ2v) is 12.8. The normalized spacial score (nSPS) is 11.4. The monoisotopic (exact) mass is 775 g/mol. The summed E-state index contributed by atoms with van der Waals surface area (Å²) in [6, 6.07) is 19.5. The van der Waals surface area contributed by atoms with Crippen molar-refractivity contribution in [3.63, 3.8) is 0 Å². The number of carbonyl (C=O) groups is 1. The summed E-state index contributed by atoms with van der Waals surface area (Å²) in [4.78, 5) is 30.1. The summed E-state index contributed by atoms with van der Waals surface area (Å²) in [5.74, 6) is 1.32. The molecule has 0 saturated carbocycles. The first kappa shape index (κ1) is 34.8. The zero-order valence-electron chi connectivity index (χ0n) is 27.2. The highest BCUT2D eigenvalue weighted by atomic mass is 79.9. The number of fused-ring (bicyclic) bond motifs is 1. The lowest BCUT2D eigenvalue weighted by Gasteiger charge is -2.18. The number of benzene rings is 4. The summed E-state index contributed by atoms with van der Waals surface area (Å²) in [5, 5.41) is 14.4. The van der Waals surface area contributed by atoms with Crippen LogP contribution in [0.4, 0.5) is 0 Å². The van der Waals surface area contributed by atoms with Gasteiger partial charge in [-0.25, -0.2) is 9.78 Å². The van der Waals surface area contributed by atoms with Crippen molar-refractivity contribution >= 4 is 54.9 Å². The molecule has 1 heterocycles. The molecule has 248 valence electrons. The van der Waals surface area contributed by atoms with E-state index in [4.69, 9.17) is 24.3 Å². The summed E-state index contributed by atoms with van der Waals surface area (Å²) in [6.45, 7) is 11.1. The van der Waals surface area contributed by atoms with E-state index >= 15 is 0 Å². The molecule has 0 unspecified atom stereocenters. The molecule has 4 aromatic carbocycles. The fourth-order valence-corrected chi connectivity index (χ4v) is 6.13. The number of ether oxygens (including phenoxy) is 3.